The zero-order chi connectivity index (χ0) is 14.2. The maximum atomic E-state index is 5.35. The number of hydrogen-bond acceptors (Lipinski definition) is 3. The van der Waals surface area contributed by atoms with E-state index in [1.54, 1.807) is 14.2 Å². The highest BCUT2D eigenvalue weighted by Crippen LogP contribution is 2.25. The van der Waals surface area contributed by atoms with E-state index >= 15 is 0 Å². The third kappa shape index (κ3) is 5.94. The summed E-state index contributed by atoms with van der Waals surface area (Å²) in [6.45, 7) is 1.69. The van der Waals surface area contributed by atoms with Crippen LogP contribution in [0, 0.1) is 0 Å². The highest BCUT2D eigenvalue weighted by molar-refractivity contribution is 14.0. The van der Waals surface area contributed by atoms with E-state index < -0.39 is 0 Å². The summed E-state index contributed by atoms with van der Waals surface area (Å²) in [6, 6.07) is 8.03. The van der Waals surface area contributed by atoms with Crippen molar-refractivity contribution in [2.45, 2.75) is 24.6 Å². The Bertz CT molecular complexity index is 450. The average Bonchev–Trinajstić information content (AvgIpc) is 3.01. The number of nitrogens with zero attached hydrogens (tertiary/aromatic N) is 1. The number of guanidine groups is 1. The second kappa shape index (κ2) is 10.2. The smallest absolute Gasteiger partial charge is 0.191 e. The van der Waals surface area contributed by atoms with Crippen LogP contribution in [0.25, 0.3) is 0 Å². The Hall–Kier alpha value is -0.630. The lowest BCUT2D eigenvalue weighted by Gasteiger charge is -2.15. The molecule has 0 aliphatic carbocycles. The fraction of sp³-hybridized carbons (Fsp3) is 0.533. The first-order valence-corrected chi connectivity index (χ1v) is 8.06. The molecule has 1 aromatic carbocycles. The van der Waals surface area contributed by atoms with Crippen LogP contribution in [0.2, 0.25) is 0 Å². The van der Waals surface area contributed by atoms with Crippen molar-refractivity contribution in [2.24, 2.45) is 4.99 Å². The lowest BCUT2D eigenvalue weighted by molar-refractivity contribution is 0.409. The van der Waals surface area contributed by atoms with Crippen molar-refractivity contribution in [1.29, 1.82) is 0 Å². The van der Waals surface area contributed by atoms with E-state index in [1.807, 2.05) is 18.2 Å². The summed E-state index contributed by atoms with van der Waals surface area (Å²) in [6.07, 6.45) is 2.64. The molecule has 1 fully saturated rings. The first-order valence-electron chi connectivity index (χ1n) is 7.01. The standard InChI is InChI=1S/C15H23N3OS.HI/c1-16-15(18-11-13-7-5-9-20-13)17-10-12-6-3-4-8-14(12)19-2;/h3-4,6,8,13H,5,7,9-11H2,1-2H3,(H2,16,17,18);1H. The number of halogens is 1. The van der Waals surface area contributed by atoms with Gasteiger partial charge >= 0.3 is 0 Å². The zero-order valence-electron chi connectivity index (χ0n) is 12.6. The molecule has 118 valence electrons. The molecule has 0 bridgehead atoms. The Kier molecular flexibility index (Phi) is 8.91. The largest absolute Gasteiger partial charge is 0.496 e. The Morgan fingerprint density at radius 3 is 2.86 bits per heavy atom. The van der Waals surface area contributed by atoms with Gasteiger partial charge in [-0.25, -0.2) is 0 Å². The van der Waals surface area contributed by atoms with Gasteiger partial charge in [-0.05, 0) is 24.7 Å². The third-order valence-electron chi connectivity index (χ3n) is 3.38. The minimum Gasteiger partial charge on any atom is -0.496 e. The molecule has 0 spiro atoms. The predicted octanol–water partition coefficient (Wildman–Crippen LogP) is 2.87. The molecule has 1 saturated heterocycles. The van der Waals surface area contributed by atoms with Crippen molar-refractivity contribution >= 4 is 41.7 Å². The fourth-order valence-electron chi connectivity index (χ4n) is 2.26. The number of aliphatic imine (C=N–C) groups is 1. The quantitative estimate of drug-likeness (QED) is 0.436. The summed E-state index contributed by atoms with van der Waals surface area (Å²) in [5, 5.41) is 7.45. The summed E-state index contributed by atoms with van der Waals surface area (Å²) in [5.41, 5.74) is 1.13. The normalized spacial score (nSPS) is 18.0. The number of hydrogen-bond donors (Lipinski definition) is 2. The van der Waals surface area contributed by atoms with Gasteiger partial charge in [-0.15, -0.1) is 24.0 Å². The second-order valence-corrected chi connectivity index (χ2v) is 6.16. The van der Waals surface area contributed by atoms with Crippen molar-refractivity contribution in [3.8, 4) is 5.75 Å². The monoisotopic (exact) mass is 421 g/mol. The maximum absolute atomic E-state index is 5.35. The van der Waals surface area contributed by atoms with Crippen LogP contribution in [-0.2, 0) is 6.54 Å². The number of ether oxygens (including phenoxy) is 1. The molecule has 1 aliphatic rings. The summed E-state index contributed by atoms with van der Waals surface area (Å²) in [5.74, 6) is 3.05. The van der Waals surface area contributed by atoms with Crippen LogP contribution in [0.1, 0.15) is 18.4 Å². The molecule has 0 saturated carbocycles. The van der Waals surface area contributed by atoms with Crippen LogP contribution in [0.5, 0.6) is 5.75 Å². The van der Waals surface area contributed by atoms with E-state index in [0.717, 1.165) is 29.1 Å². The molecule has 2 rings (SSSR count). The van der Waals surface area contributed by atoms with Crippen LogP contribution >= 0.6 is 35.7 Å². The minimum atomic E-state index is 0. The van der Waals surface area contributed by atoms with Crippen LogP contribution < -0.4 is 15.4 Å². The van der Waals surface area contributed by atoms with E-state index in [4.69, 9.17) is 4.74 Å². The van der Waals surface area contributed by atoms with Gasteiger partial charge in [0.2, 0.25) is 0 Å². The van der Waals surface area contributed by atoms with E-state index in [2.05, 4.69) is 33.5 Å². The van der Waals surface area contributed by atoms with Gasteiger partial charge in [0, 0.05) is 31.0 Å². The zero-order valence-corrected chi connectivity index (χ0v) is 15.7. The number of thioether (sulfide) groups is 1. The SMILES string of the molecule is CN=C(NCc1ccccc1OC)NCC1CCCS1.I. The Balaban J connectivity index is 0.00000220. The number of rotatable bonds is 5. The molecule has 1 unspecified atom stereocenters. The molecule has 1 heterocycles. The van der Waals surface area contributed by atoms with Crippen molar-refractivity contribution in [3.63, 3.8) is 0 Å². The molecule has 0 aromatic heterocycles. The van der Waals surface area contributed by atoms with E-state index in [1.165, 1.54) is 18.6 Å². The lowest BCUT2D eigenvalue weighted by Crippen LogP contribution is -2.39. The van der Waals surface area contributed by atoms with Gasteiger partial charge in [0.15, 0.2) is 5.96 Å². The molecule has 2 N–H and O–H groups in total. The molecule has 6 heteroatoms. The van der Waals surface area contributed by atoms with Gasteiger partial charge in [-0.1, -0.05) is 18.2 Å². The number of methoxy groups -OCH3 is 1. The van der Waals surface area contributed by atoms with Gasteiger partial charge in [0.25, 0.3) is 0 Å². The average molecular weight is 421 g/mol. The Morgan fingerprint density at radius 2 is 2.19 bits per heavy atom. The number of benzene rings is 1. The molecule has 1 atom stereocenters. The van der Waals surface area contributed by atoms with Crippen LogP contribution in [-0.4, -0.2) is 37.7 Å². The van der Waals surface area contributed by atoms with Crippen molar-refractivity contribution < 1.29 is 4.74 Å². The third-order valence-corrected chi connectivity index (χ3v) is 4.78. The van der Waals surface area contributed by atoms with Crippen LogP contribution in [0.3, 0.4) is 0 Å². The molecule has 1 aliphatic heterocycles. The minimum absolute atomic E-state index is 0. The number of nitrogens with one attached hydrogen (secondary N) is 2. The second-order valence-electron chi connectivity index (χ2n) is 4.75. The van der Waals surface area contributed by atoms with Crippen molar-refractivity contribution in [1.82, 2.24) is 10.6 Å². The molecule has 1 aromatic rings. The molecule has 0 radical (unpaired) electrons. The summed E-state index contributed by atoms with van der Waals surface area (Å²) < 4.78 is 5.35. The molecular formula is C15H24IN3OS. The predicted molar refractivity (Wildman–Crippen MR) is 102 cm³/mol. The summed E-state index contributed by atoms with van der Waals surface area (Å²) in [4.78, 5) is 4.26. The van der Waals surface area contributed by atoms with E-state index in [0.29, 0.717) is 6.54 Å². The highest BCUT2D eigenvalue weighted by Gasteiger charge is 2.15. The molecular weight excluding hydrogens is 397 g/mol. The van der Waals surface area contributed by atoms with Gasteiger partial charge in [-0.3, -0.25) is 4.99 Å². The fourth-order valence-corrected chi connectivity index (χ4v) is 3.47. The maximum Gasteiger partial charge on any atom is 0.191 e. The van der Waals surface area contributed by atoms with Crippen molar-refractivity contribution in [3.05, 3.63) is 29.8 Å². The first kappa shape index (κ1) is 18.4. The van der Waals surface area contributed by atoms with E-state index in [9.17, 15) is 0 Å². The first-order chi connectivity index (χ1) is 9.83. The molecule has 0 amide bonds. The topological polar surface area (TPSA) is 45.7 Å². The summed E-state index contributed by atoms with van der Waals surface area (Å²) >= 11 is 2.05. The van der Waals surface area contributed by atoms with Crippen LogP contribution in [0.4, 0.5) is 0 Å². The van der Waals surface area contributed by atoms with Crippen LogP contribution in [0.15, 0.2) is 29.3 Å². The van der Waals surface area contributed by atoms with Crippen molar-refractivity contribution in [2.75, 3.05) is 26.5 Å². The van der Waals surface area contributed by atoms with Gasteiger partial charge in [0.05, 0.1) is 7.11 Å². The van der Waals surface area contributed by atoms with Gasteiger partial charge < -0.3 is 15.4 Å². The number of para-hydroxylation sites is 1. The lowest BCUT2D eigenvalue weighted by atomic mass is 10.2. The highest BCUT2D eigenvalue weighted by atomic mass is 127. The molecule has 4 nitrogen and oxygen atoms in total. The van der Waals surface area contributed by atoms with Gasteiger partial charge in [0.1, 0.15) is 5.75 Å². The Morgan fingerprint density at radius 1 is 1.38 bits per heavy atom. The Labute approximate surface area is 148 Å². The summed E-state index contributed by atoms with van der Waals surface area (Å²) in [7, 11) is 3.50. The van der Waals surface area contributed by atoms with Gasteiger partial charge in [-0.2, -0.15) is 11.8 Å². The molecule has 21 heavy (non-hydrogen) atoms. The van der Waals surface area contributed by atoms with E-state index in [-0.39, 0.29) is 24.0 Å².